The van der Waals surface area contributed by atoms with Crippen molar-refractivity contribution in [1.29, 1.82) is 0 Å². The van der Waals surface area contributed by atoms with Crippen molar-refractivity contribution in [2.75, 3.05) is 6.54 Å². The van der Waals surface area contributed by atoms with Crippen LogP contribution in [0.2, 0.25) is 0 Å². The van der Waals surface area contributed by atoms with Crippen molar-refractivity contribution >= 4 is 46.4 Å². The fourth-order valence-corrected chi connectivity index (χ4v) is 2.97. The van der Waals surface area contributed by atoms with Crippen molar-refractivity contribution < 1.29 is 26.2 Å². The van der Waals surface area contributed by atoms with E-state index in [9.17, 15) is 21.6 Å². The summed E-state index contributed by atoms with van der Waals surface area (Å²) in [5, 5.41) is 2.13. The highest BCUT2D eigenvalue weighted by Crippen LogP contribution is 2.22. The summed E-state index contributed by atoms with van der Waals surface area (Å²) >= 11 is 3.13. The van der Waals surface area contributed by atoms with Gasteiger partial charge in [-0.2, -0.15) is 16.8 Å². The van der Waals surface area contributed by atoms with E-state index < -0.39 is 41.9 Å². The third-order valence-electron chi connectivity index (χ3n) is 2.48. The predicted molar refractivity (Wildman–Crippen MR) is 81.3 cm³/mol. The van der Waals surface area contributed by atoms with Gasteiger partial charge >= 0.3 is 10.1 Å². The summed E-state index contributed by atoms with van der Waals surface area (Å²) in [6.07, 6.45) is 0. The number of halogens is 1. The smallest absolute Gasteiger partial charge is 0.307 e. The molecule has 0 fully saturated rings. The van der Waals surface area contributed by atoms with Crippen LogP contribution in [0.1, 0.15) is 16.0 Å². The van der Waals surface area contributed by atoms with Crippen LogP contribution < -0.4 is 5.32 Å². The Labute approximate surface area is 131 Å². The number of rotatable bonds is 4. The Morgan fingerprint density at radius 1 is 1.33 bits per heavy atom. The number of aryl methyl sites for hydroxylation is 1. The maximum Gasteiger partial charge on any atom is 0.307 e. The fraction of sp³-hybridized carbons (Fsp3) is 0.273. The monoisotopic (exact) mass is 397 g/mol. The number of nitrogens with one attached hydrogen (secondary N) is 1. The molecule has 1 unspecified atom stereocenters. The van der Waals surface area contributed by atoms with Gasteiger partial charge in [-0.3, -0.25) is 9.35 Å². The molecule has 1 rings (SSSR count). The maximum absolute atomic E-state index is 11.8. The summed E-state index contributed by atoms with van der Waals surface area (Å²) in [5.74, 6) is -0.634. The predicted octanol–water partition coefficient (Wildman–Crippen LogP) is 0.444. The zero-order valence-electron chi connectivity index (χ0n) is 10.8. The second-order valence-corrected chi connectivity index (χ2v) is 7.65. The molecular weight excluding hydrogens is 386 g/mol. The Balaban J connectivity index is 2.83. The molecule has 0 aliphatic carbocycles. The summed E-state index contributed by atoms with van der Waals surface area (Å²) in [4.78, 5) is 11.1. The van der Waals surface area contributed by atoms with Crippen LogP contribution in [-0.4, -0.2) is 38.0 Å². The summed E-state index contributed by atoms with van der Waals surface area (Å²) in [6.45, 7) is 1.06. The lowest BCUT2D eigenvalue weighted by Gasteiger charge is -2.11. The first-order valence-electron chi connectivity index (χ1n) is 5.54. The summed E-state index contributed by atoms with van der Waals surface area (Å²) in [7, 11) is -8.03. The van der Waals surface area contributed by atoms with E-state index in [1.54, 1.807) is 24.3 Å². The standard InChI is InChI=1S/C11H12BrNO6S2/c1-7-2-4-8(5-3-7)10(12)11(14)13-6-9(20(15)16)21(17,18)19/h2-5,10H,6H2,1H3,(H,13,14)(H,17,18,19). The van der Waals surface area contributed by atoms with Crippen molar-refractivity contribution in [2.24, 2.45) is 0 Å². The average Bonchev–Trinajstić information content (AvgIpc) is 2.36. The number of alkyl halides is 1. The minimum atomic E-state index is -4.88. The van der Waals surface area contributed by atoms with Gasteiger partial charge in [0.05, 0.1) is 6.54 Å². The molecule has 1 aromatic rings. The van der Waals surface area contributed by atoms with Gasteiger partial charge in [0.2, 0.25) is 20.4 Å². The second kappa shape index (κ2) is 7.16. The van der Waals surface area contributed by atoms with Gasteiger partial charge in [-0.15, -0.1) is 0 Å². The third-order valence-corrected chi connectivity index (χ3v) is 5.70. The van der Waals surface area contributed by atoms with E-state index in [-0.39, 0.29) is 0 Å². The van der Waals surface area contributed by atoms with E-state index in [1.807, 2.05) is 6.92 Å². The molecule has 116 valence electrons. The molecule has 0 bridgehead atoms. The van der Waals surface area contributed by atoms with E-state index in [0.29, 0.717) is 5.56 Å². The Morgan fingerprint density at radius 2 is 1.86 bits per heavy atom. The van der Waals surface area contributed by atoms with Crippen LogP contribution in [0.3, 0.4) is 0 Å². The van der Waals surface area contributed by atoms with Crippen molar-refractivity contribution in [3.63, 3.8) is 0 Å². The van der Waals surface area contributed by atoms with Crippen LogP contribution in [0, 0.1) is 6.92 Å². The first-order chi connectivity index (χ1) is 9.62. The zero-order valence-corrected chi connectivity index (χ0v) is 14.0. The maximum atomic E-state index is 11.8. The van der Waals surface area contributed by atoms with Crippen LogP contribution in [0.15, 0.2) is 24.3 Å². The molecule has 1 aromatic carbocycles. The lowest BCUT2D eigenvalue weighted by Crippen LogP contribution is -2.35. The van der Waals surface area contributed by atoms with Crippen molar-refractivity contribution in [1.82, 2.24) is 5.32 Å². The molecule has 0 spiro atoms. The highest BCUT2D eigenvalue weighted by molar-refractivity contribution is 9.09. The van der Waals surface area contributed by atoms with Crippen LogP contribution in [-0.2, 0) is 25.2 Å². The molecule has 10 heteroatoms. The van der Waals surface area contributed by atoms with Gasteiger partial charge in [-0.25, -0.2) is 0 Å². The van der Waals surface area contributed by atoms with Crippen LogP contribution in [0.5, 0.6) is 0 Å². The largest absolute Gasteiger partial charge is 0.349 e. The number of hydrogen-bond donors (Lipinski definition) is 2. The van der Waals surface area contributed by atoms with E-state index in [1.165, 1.54) is 0 Å². The van der Waals surface area contributed by atoms with Gasteiger partial charge in [0.1, 0.15) is 4.83 Å². The van der Waals surface area contributed by atoms with Crippen molar-refractivity contribution in [3.8, 4) is 0 Å². The molecule has 0 heterocycles. The molecule has 0 saturated heterocycles. The van der Waals surface area contributed by atoms with Crippen LogP contribution in [0.25, 0.3) is 0 Å². The van der Waals surface area contributed by atoms with Crippen LogP contribution >= 0.6 is 15.9 Å². The van der Waals surface area contributed by atoms with Crippen molar-refractivity contribution in [3.05, 3.63) is 35.4 Å². The minimum absolute atomic E-state index is 0.620. The van der Waals surface area contributed by atoms with E-state index in [4.69, 9.17) is 4.55 Å². The molecule has 0 saturated carbocycles. The Kier molecular flexibility index (Phi) is 6.08. The second-order valence-electron chi connectivity index (χ2n) is 4.07. The number of carbonyl (C=O) groups excluding carboxylic acids is 1. The minimum Gasteiger partial charge on any atom is -0.349 e. The van der Waals surface area contributed by atoms with Crippen LogP contribution in [0.4, 0.5) is 0 Å². The Hall–Kier alpha value is -1.23. The van der Waals surface area contributed by atoms with Gasteiger partial charge in [0, 0.05) is 0 Å². The molecule has 7 nitrogen and oxygen atoms in total. The number of hydrogen-bond acceptors (Lipinski definition) is 5. The van der Waals surface area contributed by atoms with E-state index in [0.717, 1.165) is 5.56 Å². The topological polar surface area (TPSA) is 118 Å². The molecule has 21 heavy (non-hydrogen) atoms. The van der Waals surface area contributed by atoms with Gasteiger partial charge < -0.3 is 5.32 Å². The summed E-state index contributed by atoms with van der Waals surface area (Å²) in [6, 6.07) is 6.99. The quantitative estimate of drug-likeness (QED) is 0.432. The van der Waals surface area contributed by atoms with Gasteiger partial charge in [0.25, 0.3) is 0 Å². The lowest BCUT2D eigenvalue weighted by atomic mass is 10.1. The van der Waals surface area contributed by atoms with Gasteiger partial charge in [-0.05, 0) is 12.5 Å². The number of carbonyl (C=O) groups is 1. The van der Waals surface area contributed by atoms with E-state index >= 15 is 0 Å². The summed E-state index contributed by atoms with van der Waals surface area (Å²) in [5.41, 5.74) is 1.62. The average molecular weight is 398 g/mol. The first-order valence-corrected chi connectivity index (χ1v) is 8.97. The SMILES string of the molecule is Cc1ccc(C(Br)C(=O)NCC(=S(=O)=O)S(=O)(=O)O)cc1. The lowest BCUT2D eigenvalue weighted by molar-refractivity contribution is -0.120. The molecule has 1 atom stereocenters. The molecule has 0 aliphatic heterocycles. The number of benzene rings is 1. The van der Waals surface area contributed by atoms with Gasteiger partial charge in [0.15, 0.2) is 0 Å². The number of amides is 1. The Bertz CT molecular complexity index is 759. The first kappa shape index (κ1) is 17.8. The van der Waals surface area contributed by atoms with Gasteiger partial charge in [-0.1, -0.05) is 45.8 Å². The Morgan fingerprint density at radius 3 is 2.29 bits per heavy atom. The molecule has 0 aliphatic rings. The molecule has 0 aromatic heterocycles. The normalized spacial score (nSPS) is 12.5. The summed E-state index contributed by atoms with van der Waals surface area (Å²) < 4.78 is 50.6. The van der Waals surface area contributed by atoms with E-state index in [2.05, 4.69) is 21.2 Å². The molecule has 0 radical (unpaired) electrons. The zero-order chi connectivity index (χ0) is 16.2. The highest BCUT2D eigenvalue weighted by Gasteiger charge is 2.22. The van der Waals surface area contributed by atoms with Crippen molar-refractivity contribution in [2.45, 2.75) is 11.8 Å². The fourth-order valence-electron chi connectivity index (χ4n) is 1.37. The molecular formula is C11H12BrNO6S2. The third kappa shape index (κ3) is 5.23. The molecule has 2 N–H and O–H groups in total. The molecule has 1 amide bonds. The highest BCUT2D eigenvalue weighted by atomic mass is 79.9.